The summed E-state index contributed by atoms with van der Waals surface area (Å²) >= 11 is 1.70. The molecule has 0 N–H and O–H groups in total. The summed E-state index contributed by atoms with van der Waals surface area (Å²) < 4.78 is 5.13. The van der Waals surface area contributed by atoms with E-state index in [1.165, 1.54) is 0 Å². The van der Waals surface area contributed by atoms with Gasteiger partial charge in [-0.15, -0.1) is 11.3 Å². The first kappa shape index (κ1) is 8.68. The average Bonchev–Trinajstić information content (AvgIpc) is 2.35. The van der Waals surface area contributed by atoms with Gasteiger partial charge in [-0.3, -0.25) is 0 Å². The number of thiazole rings is 1. The first-order valence-corrected chi connectivity index (χ1v) is 4.54. The third-order valence-electron chi connectivity index (χ3n) is 1.53. The minimum atomic E-state index is 0.278. The average molecular weight is 171 g/mol. The van der Waals surface area contributed by atoms with Crippen molar-refractivity contribution >= 4 is 11.3 Å². The van der Waals surface area contributed by atoms with Gasteiger partial charge >= 0.3 is 0 Å². The maximum Gasteiger partial charge on any atom is 0.0953 e. The van der Waals surface area contributed by atoms with Crippen LogP contribution in [0.2, 0.25) is 0 Å². The molecule has 0 saturated carbocycles. The number of hydrogen-bond acceptors (Lipinski definition) is 3. The standard InChI is InChI=1S/C8H13NOS/c1-6-5-11-8(9-6)4-7(2)10-3/h5,7H,4H2,1-3H3. The van der Waals surface area contributed by atoms with Crippen molar-refractivity contribution < 1.29 is 4.74 Å². The summed E-state index contributed by atoms with van der Waals surface area (Å²) in [7, 11) is 1.73. The Balaban J connectivity index is 2.50. The molecular weight excluding hydrogens is 158 g/mol. The van der Waals surface area contributed by atoms with Gasteiger partial charge in [0.15, 0.2) is 0 Å². The Morgan fingerprint density at radius 3 is 2.91 bits per heavy atom. The summed E-state index contributed by atoms with van der Waals surface area (Å²) in [5.74, 6) is 0. The highest BCUT2D eigenvalue weighted by atomic mass is 32.1. The molecule has 1 unspecified atom stereocenters. The fourth-order valence-corrected chi connectivity index (χ4v) is 1.71. The van der Waals surface area contributed by atoms with Gasteiger partial charge in [-0.25, -0.2) is 4.98 Å². The van der Waals surface area contributed by atoms with Gasteiger partial charge in [0.2, 0.25) is 0 Å². The van der Waals surface area contributed by atoms with Gasteiger partial charge in [-0.2, -0.15) is 0 Å². The summed E-state index contributed by atoms with van der Waals surface area (Å²) in [5, 5.41) is 3.23. The molecule has 1 rings (SSSR count). The first-order valence-electron chi connectivity index (χ1n) is 3.66. The predicted octanol–water partition coefficient (Wildman–Crippen LogP) is 2.03. The molecule has 1 aromatic heterocycles. The first-order chi connectivity index (χ1) is 5.22. The van der Waals surface area contributed by atoms with Gasteiger partial charge in [0.05, 0.1) is 11.1 Å². The van der Waals surface area contributed by atoms with Gasteiger partial charge < -0.3 is 4.74 Å². The monoisotopic (exact) mass is 171 g/mol. The van der Waals surface area contributed by atoms with E-state index in [0.29, 0.717) is 0 Å². The molecule has 1 atom stereocenters. The van der Waals surface area contributed by atoms with Crippen LogP contribution in [0.4, 0.5) is 0 Å². The second-order valence-corrected chi connectivity index (χ2v) is 3.58. The smallest absolute Gasteiger partial charge is 0.0953 e. The Morgan fingerprint density at radius 1 is 1.73 bits per heavy atom. The van der Waals surface area contributed by atoms with Gasteiger partial charge in [0.25, 0.3) is 0 Å². The highest BCUT2D eigenvalue weighted by Crippen LogP contribution is 2.11. The van der Waals surface area contributed by atoms with Crippen molar-refractivity contribution in [2.24, 2.45) is 0 Å². The van der Waals surface area contributed by atoms with E-state index in [1.807, 2.05) is 6.92 Å². The summed E-state index contributed by atoms with van der Waals surface area (Å²) in [5.41, 5.74) is 1.10. The summed E-state index contributed by atoms with van der Waals surface area (Å²) in [6, 6.07) is 0. The molecule has 0 spiro atoms. The Kier molecular flexibility index (Phi) is 3.02. The van der Waals surface area contributed by atoms with E-state index >= 15 is 0 Å². The zero-order chi connectivity index (χ0) is 8.27. The van der Waals surface area contributed by atoms with Crippen molar-refractivity contribution in [1.82, 2.24) is 4.98 Å². The molecule has 0 aliphatic heterocycles. The van der Waals surface area contributed by atoms with Crippen molar-refractivity contribution in [3.05, 3.63) is 16.1 Å². The van der Waals surface area contributed by atoms with E-state index in [0.717, 1.165) is 17.1 Å². The number of nitrogens with zero attached hydrogens (tertiary/aromatic N) is 1. The minimum absolute atomic E-state index is 0.278. The minimum Gasteiger partial charge on any atom is -0.381 e. The van der Waals surface area contributed by atoms with E-state index in [4.69, 9.17) is 4.74 Å². The van der Waals surface area contributed by atoms with Gasteiger partial charge in [0.1, 0.15) is 0 Å². The van der Waals surface area contributed by atoms with Crippen molar-refractivity contribution in [2.75, 3.05) is 7.11 Å². The quantitative estimate of drug-likeness (QED) is 0.694. The normalized spacial score (nSPS) is 13.4. The van der Waals surface area contributed by atoms with Crippen LogP contribution in [-0.4, -0.2) is 18.2 Å². The number of methoxy groups -OCH3 is 1. The van der Waals surface area contributed by atoms with Crippen LogP contribution in [0.3, 0.4) is 0 Å². The second kappa shape index (κ2) is 3.83. The number of ether oxygens (including phenoxy) is 1. The number of hydrogen-bond donors (Lipinski definition) is 0. The van der Waals surface area contributed by atoms with Gasteiger partial charge in [0, 0.05) is 24.6 Å². The third-order valence-corrected chi connectivity index (χ3v) is 2.52. The maximum atomic E-state index is 5.13. The molecule has 0 aliphatic carbocycles. The highest BCUT2D eigenvalue weighted by Gasteiger charge is 2.04. The SMILES string of the molecule is COC(C)Cc1nc(C)cs1. The van der Waals surface area contributed by atoms with Gasteiger partial charge in [-0.1, -0.05) is 0 Å². The van der Waals surface area contributed by atoms with Crippen LogP contribution in [0.15, 0.2) is 5.38 Å². The zero-order valence-electron chi connectivity index (χ0n) is 7.13. The molecule has 0 aliphatic rings. The fourth-order valence-electron chi connectivity index (χ4n) is 0.826. The summed E-state index contributed by atoms with van der Waals surface area (Å²) in [6.45, 7) is 4.06. The van der Waals surface area contributed by atoms with E-state index in [2.05, 4.69) is 17.3 Å². The van der Waals surface area contributed by atoms with E-state index in [9.17, 15) is 0 Å². The molecule has 0 amide bonds. The van der Waals surface area contributed by atoms with Crippen LogP contribution in [0.1, 0.15) is 17.6 Å². The van der Waals surface area contributed by atoms with Crippen LogP contribution in [-0.2, 0) is 11.2 Å². The lowest BCUT2D eigenvalue weighted by Gasteiger charge is -2.05. The lowest BCUT2D eigenvalue weighted by molar-refractivity contribution is 0.118. The zero-order valence-corrected chi connectivity index (χ0v) is 7.94. The summed E-state index contributed by atoms with van der Waals surface area (Å²) in [4.78, 5) is 4.34. The molecule has 1 heterocycles. The van der Waals surface area contributed by atoms with Crippen molar-refractivity contribution in [3.8, 4) is 0 Å². The molecule has 11 heavy (non-hydrogen) atoms. The van der Waals surface area contributed by atoms with Crippen molar-refractivity contribution in [3.63, 3.8) is 0 Å². The largest absolute Gasteiger partial charge is 0.381 e. The predicted molar refractivity (Wildman–Crippen MR) is 47.0 cm³/mol. The van der Waals surface area contributed by atoms with Crippen LogP contribution < -0.4 is 0 Å². The van der Waals surface area contributed by atoms with Crippen molar-refractivity contribution in [1.29, 1.82) is 0 Å². The molecule has 2 nitrogen and oxygen atoms in total. The molecule has 0 fully saturated rings. The molecule has 0 bridgehead atoms. The topological polar surface area (TPSA) is 22.1 Å². The molecule has 3 heteroatoms. The van der Waals surface area contributed by atoms with E-state index in [-0.39, 0.29) is 6.10 Å². The van der Waals surface area contributed by atoms with Crippen LogP contribution in [0, 0.1) is 6.92 Å². The van der Waals surface area contributed by atoms with Crippen LogP contribution >= 0.6 is 11.3 Å². The molecule has 0 aromatic carbocycles. The molecule has 0 saturated heterocycles. The fraction of sp³-hybridized carbons (Fsp3) is 0.625. The Morgan fingerprint density at radius 2 is 2.45 bits per heavy atom. The second-order valence-electron chi connectivity index (χ2n) is 2.63. The number of aromatic nitrogens is 1. The van der Waals surface area contributed by atoms with Crippen LogP contribution in [0.25, 0.3) is 0 Å². The third kappa shape index (κ3) is 2.60. The molecular formula is C8H13NOS. The number of rotatable bonds is 3. The Bertz CT molecular complexity index is 222. The Labute approximate surface area is 71.2 Å². The highest BCUT2D eigenvalue weighted by molar-refractivity contribution is 7.09. The van der Waals surface area contributed by atoms with Crippen molar-refractivity contribution in [2.45, 2.75) is 26.4 Å². The maximum absolute atomic E-state index is 5.13. The molecule has 1 aromatic rings. The van der Waals surface area contributed by atoms with Gasteiger partial charge in [-0.05, 0) is 13.8 Å². The summed E-state index contributed by atoms with van der Waals surface area (Å²) in [6.07, 6.45) is 1.20. The van der Waals surface area contributed by atoms with E-state index in [1.54, 1.807) is 18.4 Å². The molecule has 0 radical (unpaired) electrons. The lowest BCUT2D eigenvalue weighted by atomic mass is 10.3. The lowest BCUT2D eigenvalue weighted by Crippen LogP contribution is -2.07. The van der Waals surface area contributed by atoms with E-state index < -0.39 is 0 Å². The van der Waals surface area contributed by atoms with Crippen LogP contribution in [0.5, 0.6) is 0 Å². The Hall–Kier alpha value is -0.410. The number of aryl methyl sites for hydroxylation is 1. The molecule has 62 valence electrons.